The van der Waals surface area contributed by atoms with Gasteiger partial charge in [-0.25, -0.2) is 0 Å². The first-order valence-electron chi connectivity index (χ1n) is 4.78. The zero-order chi connectivity index (χ0) is 13.1. The van der Waals surface area contributed by atoms with Gasteiger partial charge in [-0.05, 0) is 34.1 Å². The highest BCUT2D eigenvalue weighted by molar-refractivity contribution is 9.10. The molecule has 0 aliphatic carbocycles. The van der Waals surface area contributed by atoms with Crippen molar-refractivity contribution in [2.24, 2.45) is 0 Å². The van der Waals surface area contributed by atoms with Crippen LogP contribution in [0.1, 0.15) is 0 Å². The van der Waals surface area contributed by atoms with Gasteiger partial charge in [0.2, 0.25) is 0 Å². The molecule has 1 aromatic carbocycles. The van der Waals surface area contributed by atoms with Crippen LogP contribution in [0.2, 0.25) is 5.02 Å². The highest BCUT2D eigenvalue weighted by Crippen LogP contribution is 2.27. The molecule has 18 heavy (non-hydrogen) atoms. The third kappa shape index (κ3) is 3.04. The molecule has 0 bridgehead atoms. The van der Waals surface area contributed by atoms with Crippen molar-refractivity contribution in [2.75, 3.05) is 5.75 Å². The van der Waals surface area contributed by atoms with Gasteiger partial charge in [0.1, 0.15) is 6.33 Å². The quantitative estimate of drug-likeness (QED) is 0.861. The van der Waals surface area contributed by atoms with Crippen molar-refractivity contribution in [3.05, 3.63) is 34.0 Å². The third-order valence-corrected chi connectivity index (χ3v) is 3.81. The molecular weight excluding hydrogens is 342 g/mol. The number of thioether (sulfide) groups is 1. The monoisotopic (exact) mass is 347 g/mol. The van der Waals surface area contributed by atoms with E-state index in [0.29, 0.717) is 10.2 Å². The predicted molar refractivity (Wildman–Crippen MR) is 72.4 cm³/mol. The van der Waals surface area contributed by atoms with E-state index in [1.54, 1.807) is 22.8 Å². The van der Waals surface area contributed by atoms with Crippen LogP contribution in [-0.2, 0) is 4.79 Å². The Morgan fingerprint density at radius 3 is 3.00 bits per heavy atom. The van der Waals surface area contributed by atoms with Gasteiger partial charge in [0.25, 0.3) is 0 Å². The number of hydrogen-bond donors (Lipinski definition) is 1. The maximum Gasteiger partial charge on any atom is 0.313 e. The minimum Gasteiger partial charge on any atom is -0.481 e. The number of benzene rings is 1. The summed E-state index contributed by atoms with van der Waals surface area (Å²) in [5.41, 5.74) is 0.803. The number of rotatable bonds is 4. The molecular formula is C10H7BrClN3O2S. The number of hydrogen-bond acceptors (Lipinski definition) is 4. The summed E-state index contributed by atoms with van der Waals surface area (Å²) in [6.45, 7) is 0. The van der Waals surface area contributed by atoms with Crippen molar-refractivity contribution >= 4 is 45.3 Å². The summed E-state index contributed by atoms with van der Waals surface area (Å²) >= 11 is 10.4. The largest absolute Gasteiger partial charge is 0.481 e. The molecule has 94 valence electrons. The number of carbonyl (C=O) groups is 1. The minimum absolute atomic E-state index is 0.0656. The van der Waals surface area contributed by atoms with Crippen molar-refractivity contribution in [3.8, 4) is 5.69 Å². The van der Waals surface area contributed by atoms with Crippen molar-refractivity contribution in [1.29, 1.82) is 0 Å². The van der Waals surface area contributed by atoms with E-state index < -0.39 is 5.97 Å². The fourth-order valence-corrected chi connectivity index (χ4v) is 2.81. The van der Waals surface area contributed by atoms with Gasteiger partial charge >= 0.3 is 5.97 Å². The Morgan fingerprint density at radius 1 is 1.56 bits per heavy atom. The normalized spacial score (nSPS) is 10.6. The molecule has 0 fully saturated rings. The molecule has 0 spiro atoms. The number of nitrogens with zero attached hydrogens (tertiary/aromatic N) is 3. The second-order valence-corrected chi connectivity index (χ2v) is 5.49. The number of carboxylic acids is 1. The number of aromatic nitrogens is 3. The molecule has 5 nitrogen and oxygen atoms in total. The second kappa shape index (κ2) is 5.73. The summed E-state index contributed by atoms with van der Waals surface area (Å²) in [5, 5.41) is 17.5. The lowest BCUT2D eigenvalue weighted by atomic mass is 10.3. The van der Waals surface area contributed by atoms with Crippen molar-refractivity contribution < 1.29 is 9.90 Å². The van der Waals surface area contributed by atoms with Gasteiger partial charge in [0, 0.05) is 9.50 Å². The second-order valence-electron chi connectivity index (χ2n) is 3.26. The van der Waals surface area contributed by atoms with Crippen LogP contribution in [0.15, 0.2) is 34.2 Å². The minimum atomic E-state index is -0.898. The highest BCUT2D eigenvalue weighted by Gasteiger charge is 2.11. The molecule has 0 aliphatic rings. The fourth-order valence-electron chi connectivity index (χ4n) is 1.29. The zero-order valence-electron chi connectivity index (χ0n) is 8.88. The Kier molecular flexibility index (Phi) is 4.26. The van der Waals surface area contributed by atoms with E-state index in [0.717, 1.165) is 21.9 Å². The van der Waals surface area contributed by atoms with Crippen molar-refractivity contribution in [3.63, 3.8) is 0 Å². The van der Waals surface area contributed by atoms with E-state index in [1.165, 1.54) is 6.33 Å². The van der Waals surface area contributed by atoms with Crippen LogP contribution < -0.4 is 0 Å². The lowest BCUT2D eigenvalue weighted by Crippen LogP contribution is -2.01. The fraction of sp³-hybridized carbons (Fsp3) is 0.100. The van der Waals surface area contributed by atoms with Crippen molar-refractivity contribution in [1.82, 2.24) is 14.8 Å². The first-order valence-corrected chi connectivity index (χ1v) is 6.93. The molecule has 0 saturated carbocycles. The van der Waals surface area contributed by atoms with E-state index in [2.05, 4.69) is 26.1 Å². The van der Waals surface area contributed by atoms with Gasteiger partial charge in [0.15, 0.2) is 5.16 Å². The zero-order valence-corrected chi connectivity index (χ0v) is 12.0. The first-order chi connectivity index (χ1) is 8.58. The topological polar surface area (TPSA) is 68.0 Å². The van der Waals surface area contributed by atoms with Gasteiger partial charge < -0.3 is 5.11 Å². The summed E-state index contributed by atoms with van der Waals surface area (Å²) in [7, 11) is 0. The maximum atomic E-state index is 10.5. The SMILES string of the molecule is O=C(O)CSc1nncn1-c1ccc(Cl)cc1Br. The standard InChI is InChI=1S/C10H7BrClN3O2S/c11-7-3-6(12)1-2-8(7)15-5-13-14-10(15)18-4-9(16)17/h1-3,5H,4H2,(H,16,17). The predicted octanol–water partition coefficient (Wildman–Crippen LogP) is 2.86. The molecule has 0 saturated heterocycles. The molecule has 2 rings (SSSR count). The Morgan fingerprint density at radius 2 is 2.33 bits per heavy atom. The van der Waals surface area contributed by atoms with Gasteiger partial charge in [-0.2, -0.15) is 0 Å². The molecule has 0 aliphatic heterocycles. The third-order valence-electron chi connectivity index (χ3n) is 2.01. The van der Waals surface area contributed by atoms with Crippen LogP contribution in [0.3, 0.4) is 0 Å². The van der Waals surface area contributed by atoms with Gasteiger partial charge in [-0.3, -0.25) is 9.36 Å². The average molecular weight is 349 g/mol. The number of aliphatic carboxylic acids is 1. The molecule has 1 heterocycles. The molecule has 0 amide bonds. The molecule has 2 aromatic rings. The summed E-state index contributed by atoms with van der Waals surface area (Å²) in [5.74, 6) is -0.964. The van der Waals surface area contributed by atoms with E-state index >= 15 is 0 Å². The summed E-state index contributed by atoms with van der Waals surface area (Å²) < 4.78 is 2.49. The van der Waals surface area contributed by atoms with E-state index in [1.807, 2.05) is 0 Å². The summed E-state index contributed by atoms with van der Waals surface area (Å²) in [6.07, 6.45) is 1.53. The summed E-state index contributed by atoms with van der Waals surface area (Å²) in [6, 6.07) is 5.30. The first kappa shape index (κ1) is 13.4. The highest BCUT2D eigenvalue weighted by atomic mass is 79.9. The molecule has 0 radical (unpaired) electrons. The lowest BCUT2D eigenvalue weighted by Gasteiger charge is -2.07. The van der Waals surface area contributed by atoms with Crippen LogP contribution in [0, 0.1) is 0 Å². The van der Waals surface area contributed by atoms with Crippen LogP contribution in [-0.4, -0.2) is 31.6 Å². The molecule has 1 N–H and O–H groups in total. The Bertz CT molecular complexity index is 590. The lowest BCUT2D eigenvalue weighted by molar-refractivity contribution is -0.133. The van der Waals surface area contributed by atoms with Crippen LogP contribution in [0.25, 0.3) is 5.69 Å². The van der Waals surface area contributed by atoms with Crippen LogP contribution >= 0.6 is 39.3 Å². The smallest absolute Gasteiger partial charge is 0.313 e. The van der Waals surface area contributed by atoms with Crippen LogP contribution in [0.4, 0.5) is 0 Å². The van der Waals surface area contributed by atoms with E-state index in [-0.39, 0.29) is 5.75 Å². The maximum absolute atomic E-state index is 10.5. The molecule has 0 atom stereocenters. The Hall–Kier alpha value is -1.05. The van der Waals surface area contributed by atoms with Crippen LogP contribution in [0.5, 0.6) is 0 Å². The Balaban J connectivity index is 2.33. The Labute approximate surface area is 120 Å². The molecule has 0 unspecified atom stereocenters. The number of halogens is 2. The molecule has 8 heteroatoms. The average Bonchev–Trinajstić information content (AvgIpc) is 2.74. The van der Waals surface area contributed by atoms with Crippen molar-refractivity contribution in [2.45, 2.75) is 5.16 Å². The van der Waals surface area contributed by atoms with E-state index in [4.69, 9.17) is 16.7 Å². The van der Waals surface area contributed by atoms with Gasteiger partial charge in [-0.1, -0.05) is 23.4 Å². The van der Waals surface area contributed by atoms with Gasteiger partial charge in [-0.15, -0.1) is 10.2 Å². The van der Waals surface area contributed by atoms with Gasteiger partial charge in [0.05, 0.1) is 11.4 Å². The number of carboxylic acid groups (broad SMARTS) is 1. The summed E-state index contributed by atoms with van der Waals surface area (Å²) in [4.78, 5) is 10.5. The van der Waals surface area contributed by atoms with E-state index in [9.17, 15) is 4.79 Å². The molecule has 1 aromatic heterocycles.